The second-order valence-electron chi connectivity index (χ2n) is 7.88. The molecule has 2 aromatic rings. The number of methoxy groups -OCH3 is 1. The van der Waals surface area contributed by atoms with E-state index in [1.165, 1.54) is 11.7 Å². The number of nitrogens with two attached hydrogens (primary N) is 1. The van der Waals surface area contributed by atoms with Gasteiger partial charge in [0, 0.05) is 20.3 Å². The van der Waals surface area contributed by atoms with Crippen LogP contribution in [0, 0.1) is 11.8 Å². The Morgan fingerprint density at radius 1 is 1.25 bits per heavy atom. The van der Waals surface area contributed by atoms with Gasteiger partial charge in [-0.3, -0.25) is 23.9 Å². The lowest BCUT2D eigenvalue weighted by Crippen LogP contribution is -2.43. The standard InChI is InChI=1S/C22H28N4O6/c1-14-11-16(14)21(29)32-13-17(27)25(9-6-10-31-2)18-19(23)26(22(30)24-20(18)28)12-15-7-4-3-5-8-15/h3-5,7-8,14,16H,6,9-13,23H2,1-2H3,(H,24,28,30). The topological polar surface area (TPSA) is 137 Å². The highest BCUT2D eigenvalue weighted by molar-refractivity contribution is 5.97. The van der Waals surface area contributed by atoms with E-state index in [2.05, 4.69) is 4.98 Å². The van der Waals surface area contributed by atoms with Crippen molar-refractivity contribution in [2.75, 3.05) is 37.5 Å². The van der Waals surface area contributed by atoms with Gasteiger partial charge in [-0.05, 0) is 24.3 Å². The number of H-pyrrole nitrogens is 1. The highest BCUT2D eigenvalue weighted by Crippen LogP contribution is 2.38. The summed E-state index contributed by atoms with van der Waals surface area (Å²) in [4.78, 5) is 53.4. The van der Waals surface area contributed by atoms with Gasteiger partial charge in [-0.15, -0.1) is 0 Å². The predicted octanol–water partition coefficient (Wildman–Crippen LogP) is 0.736. The molecule has 3 N–H and O–H groups in total. The third kappa shape index (κ3) is 5.44. The van der Waals surface area contributed by atoms with Crippen LogP contribution >= 0.6 is 0 Å². The van der Waals surface area contributed by atoms with E-state index < -0.39 is 29.7 Å². The van der Waals surface area contributed by atoms with E-state index in [9.17, 15) is 19.2 Å². The van der Waals surface area contributed by atoms with Crippen molar-refractivity contribution >= 4 is 23.4 Å². The molecule has 2 atom stereocenters. The number of hydrogen-bond acceptors (Lipinski definition) is 7. The molecule has 172 valence electrons. The number of nitrogens with one attached hydrogen (secondary N) is 1. The normalized spacial score (nSPS) is 17.1. The van der Waals surface area contributed by atoms with Gasteiger partial charge in [0.15, 0.2) is 12.3 Å². The highest BCUT2D eigenvalue weighted by Gasteiger charge is 2.41. The van der Waals surface area contributed by atoms with Gasteiger partial charge in [0.2, 0.25) is 0 Å². The first-order valence-electron chi connectivity index (χ1n) is 10.5. The van der Waals surface area contributed by atoms with E-state index in [0.29, 0.717) is 13.0 Å². The maximum atomic E-state index is 12.9. The van der Waals surface area contributed by atoms with Gasteiger partial charge in [0.05, 0.1) is 12.5 Å². The Kier molecular flexibility index (Phi) is 7.47. The lowest BCUT2D eigenvalue weighted by molar-refractivity contribution is -0.149. The highest BCUT2D eigenvalue weighted by atomic mass is 16.5. The number of carbonyl (C=O) groups is 2. The van der Waals surface area contributed by atoms with Crippen molar-refractivity contribution in [3.8, 4) is 0 Å². The molecular weight excluding hydrogens is 416 g/mol. The van der Waals surface area contributed by atoms with Crippen LogP contribution in [-0.2, 0) is 25.6 Å². The van der Waals surface area contributed by atoms with E-state index in [1.807, 2.05) is 37.3 Å². The summed E-state index contributed by atoms with van der Waals surface area (Å²) in [5.41, 5.74) is 5.39. The summed E-state index contributed by atoms with van der Waals surface area (Å²) in [6, 6.07) is 9.11. The zero-order valence-electron chi connectivity index (χ0n) is 18.2. The molecule has 10 heteroatoms. The Morgan fingerprint density at radius 3 is 2.56 bits per heavy atom. The average molecular weight is 444 g/mol. The number of aromatic amines is 1. The molecule has 2 unspecified atom stereocenters. The van der Waals surface area contributed by atoms with Crippen LogP contribution in [0.15, 0.2) is 39.9 Å². The zero-order chi connectivity index (χ0) is 23.3. The largest absolute Gasteiger partial charge is 0.455 e. The van der Waals surface area contributed by atoms with Crippen LogP contribution in [-0.4, -0.2) is 48.3 Å². The molecule has 0 aliphatic heterocycles. The molecule has 32 heavy (non-hydrogen) atoms. The van der Waals surface area contributed by atoms with E-state index in [0.717, 1.165) is 16.9 Å². The van der Waals surface area contributed by atoms with Crippen LogP contribution in [0.2, 0.25) is 0 Å². The SMILES string of the molecule is COCCCN(C(=O)COC(=O)C1CC1C)c1c(N)n(Cc2ccccc2)c(=O)[nH]c1=O. The number of anilines is 2. The third-order valence-electron chi connectivity index (χ3n) is 5.45. The molecule has 0 radical (unpaired) electrons. The van der Waals surface area contributed by atoms with E-state index in [1.54, 1.807) is 0 Å². The van der Waals surface area contributed by atoms with E-state index >= 15 is 0 Å². The minimum Gasteiger partial charge on any atom is -0.455 e. The van der Waals surface area contributed by atoms with Gasteiger partial charge >= 0.3 is 11.7 Å². The number of hydrogen-bond donors (Lipinski definition) is 2. The number of ether oxygens (including phenoxy) is 2. The molecule has 0 saturated heterocycles. The summed E-state index contributed by atoms with van der Waals surface area (Å²) < 4.78 is 11.4. The first-order chi connectivity index (χ1) is 15.3. The molecule has 1 aliphatic rings. The first-order valence-corrected chi connectivity index (χ1v) is 10.5. The maximum absolute atomic E-state index is 12.9. The summed E-state index contributed by atoms with van der Waals surface area (Å²) in [6.07, 6.45) is 1.15. The molecule has 10 nitrogen and oxygen atoms in total. The number of benzene rings is 1. The quantitative estimate of drug-likeness (QED) is 0.407. The van der Waals surface area contributed by atoms with Crippen molar-refractivity contribution in [2.24, 2.45) is 11.8 Å². The smallest absolute Gasteiger partial charge is 0.330 e. The first kappa shape index (κ1) is 23.3. The monoisotopic (exact) mass is 444 g/mol. The number of carbonyl (C=O) groups excluding carboxylic acids is 2. The average Bonchev–Trinajstić information content (AvgIpc) is 3.51. The third-order valence-corrected chi connectivity index (χ3v) is 5.45. The predicted molar refractivity (Wildman–Crippen MR) is 118 cm³/mol. The number of esters is 1. The second kappa shape index (κ2) is 10.3. The van der Waals surface area contributed by atoms with Gasteiger partial charge in [0.25, 0.3) is 11.5 Å². The van der Waals surface area contributed by atoms with Gasteiger partial charge in [-0.2, -0.15) is 0 Å². The summed E-state index contributed by atoms with van der Waals surface area (Å²) in [6.45, 7) is 1.96. The summed E-state index contributed by atoms with van der Waals surface area (Å²) in [5, 5.41) is 0. The number of rotatable bonds is 10. The lowest BCUT2D eigenvalue weighted by atomic mass is 10.2. The molecule has 1 fully saturated rings. The Hall–Kier alpha value is -3.40. The summed E-state index contributed by atoms with van der Waals surface area (Å²) in [7, 11) is 1.52. The maximum Gasteiger partial charge on any atom is 0.330 e. The van der Waals surface area contributed by atoms with Crippen LogP contribution in [0.3, 0.4) is 0 Å². The van der Waals surface area contributed by atoms with Crippen molar-refractivity contribution in [3.63, 3.8) is 0 Å². The molecule has 1 saturated carbocycles. The van der Waals surface area contributed by atoms with Crippen molar-refractivity contribution in [1.82, 2.24) is 9.55 Å². The van der Waals surface area contributed by atoms with Crippen molar-refractivity contribution < 1.29 is 19.1 Å². The fraction of sp³-hybridized carbons (Fsp3) is 0.455. The zero-order valence-corrected chi connectivity index (χ0v) is 18.2. The van der Waals surface area contributed by atoms with Crippen LogP contribution in [0.4, 0.5) is 11.5 Å². The number of nitrogens with zero attached hydrogens (tertiary/aromatic N) is 2. The Morgan fingerprint density at radius 2 is 1.94 bits per heavy atom. The fourth-order valence-electron chi connectivity index (χ4n) is 3.46. The number of aromatic nitrogens is 2. The number of amides is 1. The van der Waals surface area contributed by atoms with E-state index in [-0.39, 0.29) is 36.4 Å². The summed E-state index contributed by atoms with van der Waals surface area (Å²) >= 11 is 0. The van der Waals surface area contributed by atoms with Crippen LogP contribution in [0.25, 0.3) is 0 Å². The molecule has 1 aromatic heterocycles. The fourth-order valence-corrected chi connectivity index (χ4v) is 3.46. The van der Waals surface area contributed by atoms with E-state index in [4.69, 9.17) is 15.2 Å². The van der Waals surface area contributed by atoms with Crippen molar-refractivity contribution in [3.05, 3.63) is 56.7 Å². The molecule has 1 aliphatic carbocycles. The number of nitrogen functional groups attached to an aromatic ring is 1. The van der Waals surface area contributed by atoms with Crippen LogP contribution in [0.5, 0.6) is 0 Å². The Bertz CT molecular complexity index is 1080. The molecule has 1 aromatic carbocycles. The minimum atomic E-state index is -0.787. The summed E-state index contributed by atoms with van der Waals surface area (Å²) in [5.74, 6) is -1.12. The van der Waals surface area contributed by atoms with Gasteiger partial charge in [-0.25, -0.2) is 4.79 Å². The molecule has 1 heterocycles. The second-order valence-corrected chi connectivity index (χ2v) is 7.88. The minimum absolute atomic E-state index is 0.0981. The van der Waals surface area contributed by atoms with Crippen molar-refractivity contribution in [2.45, 2.75) is 26.3 Å². The van der Waals surface area contributed by atoms with Crippen molar-refractivity contribution in [1.29, 1.82) is 0 Å². The molecule has 0 bridgehead atoms. The van der Waals surface area contributed by atoms with Gasteiger partial charge in [0.1, 0.15) is 5.82 Å². The lowest BCUT2D eigenvalue weighted by Gasteiger charge is -2.24. The molecule has 3 rings (SSSR count). The van der Waals surface area contributed by atoms with Crippen LogP contribution < -0.4 is 21.9 Å². The van der Waals surface area contributed by atoms with Gasteiger partial charge in [-0.1, -0.05) is 37.3 Å². The molecule has 1 amide bonds. The molecule has 0 spiro atoms. The molecular formula is C22H28N4O6. The Labute approximate surface area is 184 Å². The van der Waals surface area contributed by atoms with Crippen LogP contribution in [0.1, 0.15) is 25.3 Å². The van der Waals surface area contributed by atoms with Gasteiger partial charge < -0.3 is 20.1 Å². The Balaban J connectivity index is 1.89.